The highest BCUT2D eigenvalue weighted by molar-refractivity contribution is 5.69. The average Bonchev–Trinajstić information content (AvgIpc) is 2.46. The van der Waals surface area contributed by atoms with Crippen LogP contribution in [0.2, 0.25) is 0 Å². The first-order valence-corrected chi connectivity index (χ1v) is 4.88. The molecule has 0 atom stereocenters. The number of halogens is 4. The van der Waals surface area contributed by atoms with Crippen LogP contribution in [-0.2, 0) is 0 Å². The molecule has 1 rings (SSSR count). The summed E-state index contributed by atoms with van der Waals surface area (Å²) in [5.74, 6) is -12.4. The molecule has 0 aromatic heterocycles. The summed E-state index contributed by atoms with van der Waals surface area (Å²) >= 11 is 0. The molecule has 1 radical (unpaired) electrons. The molecular weight excluding hydrogens is 276 g/mol. The molecule has 1 aliphatic carbocycles. The molecule has 0 N–H and O–H groups in total. The van der Waals surface area contributed by atoms with E-state index in [2.05, 4.69) is 0 Å². The summed E-state index contributed by atoms with van der Waals surface area (Å²) < 4.78 is 54.7. The Morgan fingerprint density at radius 3 is 1.50 bits per heavy atom. The maximum absolute atomic E-state index is 13.7. The Balaban J connectivity index is 3.52. The fourth-order valence-corrected chi connectivity index (χ4v) is 1.59. The molecule has 0 saturated carbocycles. The van der Waals surface area contributed by atoms with Crippen molar-refractivity contribution in [1.29, 1.82) is 15.8 Å². The zero-order valence-corrected chi connectivity index (χ0v) is 9.46. The molecule has 4 nitrogen and oxygen atoms in total. The monoisotopic (exact) mass is 278 g/mol. The van der Waals surface area contributed by atoms with Crippen LogP contribution in [-0.4, -0.2) is 5.87 Å². The van der Waals surface area contributed by atoms with Gasteiger partial charge in [-0.2, -0.15) is 15.8 Å². The van der Waals surface area contributed by atoms with Gasteiger partial charge in [0.2, 0.25) is 0 Å². The number of nitrogens with zero attached hydrogens (tertiary/aromatic N) is 4. The summed E-state index contributed by atoms with van der Waals surface area (Å²) in [6, 6.07) is 3.40. The van der Waals surface area contributed by atoms with Gasteiger partial charge in [-0.15, -0.1) is 0 Å². The van der Waals surface area contributed by atoms with Gasteiger partial charge in [0.05, 0.1) is 17.7 Å². The van der Waals surface area contributed by atoms with Gasteiger partial charge in [-0.3, -0.25) is 5.87 Å². The predicted molar refractivity (Wildman–Crippen MR) is 57.4 cm³/mol. The van der Waals surface area contributed by atoms with E-state index in [1.54, 1.807) is 0 Å². The van der Waals surface area contributed by atoms with Crippen LogP contribution in [0.5, 0.6) is 0 Å². The van der Waals surface area contributed by atoms with Crippen molar-refractivity contribution < 1.29 is 17.6 Å². The number of hydrogen-bond acceptors (Lipinski definition) is 3. The lowest BCUT2D eigenvalue weighted by Gasteiger charge is -2.24. The zero-order valence-electron chi connectivity index (χ0n) is 9.46. The third-order valence-electron chi connectivity index (χ3n) is 2.53. The molecule has 0 bridgehead atoms. The van der Waals surface area contributed by atoms with Crippen LogP contribution >= 0.6 is 0 Å². The van der Waals surface area contributed by atoms with Gasteiger partial charge in [0.1, 0.15) is 41.2 Å². The van der Waals surface area contributed by atoms with Crippen molar-refractivity contribution in [2.24, 2.45) is 11.8 Å². The Kier molecular flexibility index (Phi) is 4.43. The molecule has 1 aliphatic rings. The normalized spacial score (nSPS) is 21.9. The Morgan fingerprint density at radius 1 is 0.800 bits per heavy atom. The van der Waals surface area contributed by atoms with E-state index in [0.29, 0.717) is 0 Å². The zero-order chi connectivity index (χ0) is 15.4. The maximum atomic E-state index is 13.7. The minimum Gasteiger partial charge on any atom is -0.762 e. The van der Waals surface area contributed by atoms with Gasteiger partial charge < -0.3 is 5.41 Å². The lowest BCUT2D eigenvalue weighted by atomic mass is 9.82. The van der Waals surface area contributed by atoms with Crippen LogP contribution < -0.4 is 0 Å². The van der Waals surface area contributed by atoms with Gasteiger partial charge in [0, 0.05) is 0 Å². The second kappa shape index (κ2) is 5.84. The van der Waals surface area contributed by atoms with Crippen LogP contribution in [0.1, 0.15) is 0 Å². The van der Waals surface area contributed by atoms with Crippen molar-refractivity contribution in [3.63, 3.8) is 0 Å². The fourth-order valence-electron chi connectivity index (χ4n) is 1.59. The highest BCUT2D eigenvalue weighted by Gasteiger charge is 2.45. The van der Waals surface area contributed by atoms with Crippen LogP contribution in [0.25, 0.3) is 5.41 Å². The Bertz CT molecular complexity index is 640. The molecule has 0 aromatic carbocycles. The number of nitriles is 3. The Hall–Kier alpha value is -2.88. The van der Waals surface area contributed by atoms with Gasteiger partial charge in [-0.05, 0) is 0 Å². The summed E-state index contributed by atoms with van der Waals surface area (Å²) in [6.45, 7) is 0. The van der Waals surface area contributed by atoms with Gasteiger partial charge in [0.25, 0.3) is 0 Å². The summed E-state index contributed by atoms with van der Waals surface area (Å²) in [5.41, 5.74) is -1.08. The molecule has 0 aliphatic heterocycles. The lowest BCUT2D eigenvalue weighted by molar-refractivity contribution is 0.336. The van der Waals surface area contributed by atoms with Crippen molar-refractivity contribution in [2.45, 2.75) is 0 Å². The van der Waals surface area contributed by atoms with Crippen molar-refractivity contribution in [1.82, 2.24) is 0 Å². The Labute approximate surface area is 110 Å². The van der Waals surface area contributed by atoms with Gasteiger partial charge in [-0.1, -0.05) is 0 Å². The van der Waals surface area contributed by atoms with E-state index >= 15 is 0 Å². The van der Waals surface area contributed by atoms with Gasteiger partial charge in [0.15, 0.2) is 5.92 Å². The van der Waals surface area contributed by atoms with Gasteiger partial charge >= 0.3 is 0 Å². The van der Waals surface area contributed by atoms with Crippen LogP contribution in [0.15, 0.2) is 28.9 Å². The van der Waals surface area contributed by atoms with E-state index < -0.39 is 46.6 Å². The molecule has 0 spiro atoms. The van der Waals surface area contributed by atoms with Crippen molar-refractivity contribution in [3.05, 3.63) is 40.2 Å². The van der Waals surface area contributed by atoms with Crippen LogP contribution in [0.3, 0.4) is 0 Å². The number of allylic oxidation sites excluding steroid dienone is 5. The minimum absolute atomic E-state index is 1.08. The maximum Gasteiger partial charge on any atom is 0.192 e. The molecular formula is C12H2F4N4-. The molecule has 0 saturated heterocycles. The molecule has 0 amide bonds. The molecule has 20 heavy (non-hydrogen) atoms. The SMILES string of the molecule is N#C[C](C#N)C1C(F)=C(F)C(C(=C=[N-])C#N)C(F)=C1F. The topological polar surface area (TPSA) is 93.7 Å². The lowest BCUT2D eigenvalue weighted by Crippen LogP contribution is -2.23. The second-order valence-electron chi connectivity index (χ2n) is 3.53. The molecule has 99 valence electrons. The summed E-state index contributed by atoms with van der Waals surface area (Å²) in [6.07, 6.45) is 0. The van der Waals surface area contributed by atoms with Crippen LogP contribution in [0, 0.1) is 51.7 Å². The van der Waals surface area contributed by atoms with Crippen molar-refractivity contribution in [3.8, 4) is 18.2 Å². The molecule has 0 heterocycles. The summed E-state index contributed by atoms with van der Waals surface area (Å²) in [4.78, 5) is 0. The quantitative estimate of drug-likeness (QED) is 0.441. The smallest absolute Gasteiger partial charge is 0.192 e. The Morgan fingerprint density at radius 2 is 1.20 bits per heavy atom. The standard InChI is InChI=1S/C12H2F4N4/c13-9-7(5(1-17)2-18)10(14)12(16)8(11(9)15)6(3-19)4-20/h7-8H/q-1. The first kappa shape index (κ1) is 15.2. The third-order valence-corrected chi connectivity index (χ3v) is 2.53. The van der Waals surface area contributed by atoms with E-state index in [1.165, 1.54) is 0 Å². The van der Waals surface area contributed by atoms with Crippen molar-refractivity contribution in [2.75, 3.05) is 0 Å². The first-order chi connectivity index (χ1) is 9.44. The molecule has 0 unspecified atom stereocenters. The predicted octanol–water partition coefficient (Wildman–Crippen LogP) is 2.84. The molecule has 0 fully saturated rings. The largest absolute Gasteiger partial charge is 0.762 e. The highest BCUT2D eigenvalue weighted by Crippen LogP contribution is 2.46. The van der Waals surface area contributed by atoms with Gasteiger partial charge in [-0.25, -0.2) is 17.6 Å². The van der Waals surface area contributed by atoms with E-state index in [-0.39, 0.29) is 0 Å². The molecule has 0 aromatic rings. The third kappa shape index (κ3) is 2.19. The van der Waals surface area contributed by atoms with Crippen LogP contribution in [0.4, 0.5) is 17.6 Å². The minimum atomic E-state index is -2.42. The fraction of sp³-hybridized carbons (Fsp3) is 0.167. The van der Waals surface area contributed by atoms with E-state index in [1.807, 2.05) is 0 Å². The number of rotatable bonds is 2. The average molecular weight is 278 g/mol. The van der Waals surface area contributed by atoms with E-state index in [9.17, 15) is 17.6 Å². The summed E-state index contributed by atoms with van der Waals surface area (Å²) in [7, 11) is 0. The van der Waals surface area contributed by atoms with E-state index in [0.717, 1.165) is 24.1 Å². The summed E-state index contributed by atoms with van der Waals surface area (Å²) in [5, 5.41) is 34.0. The van der Waals surface area contributed by atoms with Crippen molar-refractivity contribution >= 4 is 5.87 Å². The molecule has 8 heteroatoms. The second-order valence-corrected chi connectivity index (χ2v) is 3.53. The number of hydrogen-bond donors (Lipinski definition) is 0. The first-order valence-electron chi connectivity index (χ1n) is 4.88. The van der Waals surface area contributed by atoms with E-state index in [4.69, 9.17) is 21.2 Å². The highest BCUT2D eigenvalue weighted by atomic mass is 19.2.